The molecular weight excluding hydrogens is 354 g/mol. The maximum Gasteiger partial charge on any atom is 0.340 e. The molecule has 0 saturated heterocycles. The first-order chi connectivity index (χ1) is 13.5. The van der Waals surface area contributed by atoms with E-state index in [1.54, 1.807) is 13.2 Å². The fraction of sp³-hybridized carbons (Fsp3) is 0.174. The summed E-state index contributed by atoms with van der Waals surface area (Å²) in [6.07, 6.45) is 0. The van der Waals surface area contributed by atoms with Gasteiger partial charge in [-0.3, -0.25) is 0 Å². The van der Waals surface area contributed by atoms with E-state index in [4.69, 9.17) is 14.2 Å². The molecule has 5 rings (SSSR count). The van der Waals surface area contributed by atoms with Crippen LogP contribution in [0.1, 0.15) is 27.0 Å². The highest BCUT2D eigenvalue weighted by molar-refractivity contribution is 5.97. The molecule has 28 heavy (non-hydrogen) atoms. The van der Waals surface area contributed by atoms with Crippen molar-refractivity contribution in [2.75, 3.05) is 26.1 Å². The Morgan fingerprint density at radius 1 is 0.893 bits per heavy atom. The molecule has 0 N–H and O–H groups in total. The van der Waals surface area contributed by atoms with Gasteiger partial charge in [-0.25, -0.2) is 4.79 Å². The molecule has 0 fully saturated rings. The van der Waals surface area contributed by atoms with Gasteiger partial charge in [0, 0.05) is 37.0 Å². The Morgan fingerprint density at radius 2 is 1.71 bits per heavy atom. The maximum absolute atomic E-state index is 12.8. The minimum absolute atomic E-state index is 0.339. The number of benzene rings is 3. The Balaban J connectivity index is 1.86. The molecule has 0 amide bonds. The van der Waals surface area contributed by atoms with Crippen molar-refractivity contribution in [1.82, 2.24) is 0 Å². The van der Waals surface area contributed by atoms with E-state index in [0.717, 1.165) is 22.4 Å². The van der Waals surface area contributed by atoms with Gasteiger partial charge in [-0.2, -0.15) is 0 Å². The van der Waals surface area contributed by atoms with Crippen LogP contribution in [0.2, 0.25) is 0 Å². The molecule has 1 spiro atoms. The van der Waals surface area contributed by atoms with Crippen molar-refractivity contribution in [3.63, 3.8) is 0 Å². The number of rotatable bonds is 2. The second-order valence-electron chi connectivity index (χ2n) is 7.16. The summed E-state index contributed by atoms with van der Waals surface area (Å²) < 4.78 is 17.8. The molecule has 2 heterocycles. The minimum Gasteiger partial charge on any atom is -0.497 e. The number of fused-ring (bicyclic) bond motifs is 6. The molecule has 0 bridgehead atoms. The van der Waals surface area contributed by atoms with Gasteiger partial charge in [-0.1, -0.05) is 18.2 Å². The summed E-state index contributed by atoms with van der Waals surface area (Å²) in [6.45, 7) is 0. The van der Waals surface area contributed by atoms with E-state index in [0.29, 0.717) is 22.8 Å². The van der Waals surface area contributed by atoms with Gasteiger partial charge in [0.05, 0.1) is 18.2 Å². The van der Waals surface area contributed by atoms with Crippen molar-refractivity contribution >= 4 is 11.7 Å². The highest BCUT2D eigenvalue weighted by Gasteiger charge is 2.53. The Hall–Kier alpha value is -3.47. The zero-order valence-corrected chi connectivity index (χ0v) is 15.9. The van der Waals surface area contributed by atoms with Crippen LogP contribution >= 0.6 is 0 Å². The van der Waals surface area contributed by atoms with E-state index in [9.17, 15) is 4.79 Å². The summed E-state index contributed by atoms with van der Waals surface area (Å²) in [6, 6.07) is 19.0. The Morgan fingerprint density at radius 3 is 2.50 bits per heavy atom. The average Bonchev–Trinajstić information content (AvgIpc) is 3.01. The summed E-state index contributed by atoms with van der Waals surface area (Å²) in [5, 5.41) is 0. The van der Waals surface area contributed by atoms with Gasteiger partial charge in [-0.15, -0.1) is 0 Å². The van der Waals surface area contributed by atoms with E-state index in [-0.39, 0.29) is 5.97 Å². The summed E-state index contributed by atoms with van der Waals surface area (Å²) in [7, 11) is 5.57. The van der Waals surface area contributed by atoms with Crippen LogP contribution in [0.5, 0.6) is 17.2 Å². The van der Waals surface area contributed by atoms with E-state index in [1.807, 2.05) is 73.6 Å². The summed E-state index contributed by atoms with van der Waals surface area (Å²) in [4.78, 5) is 14.8. The number of carbonyl (C=O) groups is 1. The van der Waals surface area contributed by atoms with Crippen molar-refractivity contribution < 1.29 is 19.0 Å². The lowest BCUT2D eigenvalue weighted by atomic mass is 9.77. The number of ether oxygens (including phenoxy) is 3. The van der Waals surface area contributed by atoms with Gasteiger partial charge in [0.1, 0.15) is 17.2 Å². The lowest BCUT2D eigenvalue weighted by molar-refractivity contribution is 0.0223. The Kier molecular flexibility index (Phi) is 3.43. The molecule has 2 aliphatic heterocycles. The van der Waals surface area contributed by atoms with Crippen LogP contribution in [-0.2, 0) is 10.3 Å². The van der Waals surface area contributed by atoms with E-state index in [2.05, 4.69) is 0 Å². The number of anilines is 1. The second kappa shape index (κ2) is 5.76. The predicted molar refractivity (Wildman–Crippen MR) is 106 cm³/mol. The Labute approximate surface area is 163 Å². The van der Waals surface area contributed by atoms with E-state index < -0.39 is 5.60 Å². The average molecular weight is 373 g/mol. The van der Waals surface area contributed by atoms with Crippen LogP contribution in [-0.4, -0.2) is 27.2 Å². The zero-order chi connectivity index (χ0) is 19.5. The first kappa shape index (κ1) is 16.7. The topological polar surface area (TPSA) is 48.0 Å². The van der Waals surface area contributed by atoms with Crippen molar-refractivity contribution in [3.05, 3.63) is 82.9 Å². The first-order valence-corrected chi connectivity index (χ1v) is 9.05. The monoisotopic (exact) mass is 373 g/mol. The van der Waals surface area contributed by atoms with Crippen LogP contribution < -0.4 is 14.4 Å². The molecule has 3 aromatic rings. The first-order valence-electron chi connectivity index (χ1n) is 9.05. The third kappa shape index (κ3) is 2.10. The third-order valence-corrected chi connectivity index (χ3v) is 5.42. The zero-order valence-electron chi connectivity index (χ0n) is 15.9. The Bertz CT molecular complexity index is 1120. The maximum atomic E-state index is 12.8. The molecule has 3 aromatic carbocycles. The van der Waals surface area contributed by atoms with Gasteiger partial charge < -0.3 is 19.1 Å². The van der Waals surface area contributed by atoms with Crippen molar-refractivity contribution in [3.8, 4) is 17.2 Å². The molecule has 0 saturated carbocycles. The summed E-state index contributed by atoms with van der Waals surface area (Å²) in [5.41, 5.74) is 2.89. The molecule has 1 atom stereocenters. The fourth-order valence-electron chi connectivity index (χ4n) is 4.05. The molecule has 0 radical (unpaired) electrons. The molecule has 140 valence electrons. The van der Waals surface area contributed by atoms with Gasteiger partial charge >= 0.3 is 5.97 Å². The smallest absolute Gasteiger partial charge is 0.340 e. The normalized spacial score (nSPS) is 18.6. The molecule has 0 aliphatic carbocycles. The van der Waals surface area contributed by atoms with Crippen LogP contribution in [0.4, 0.5) is 5.69 Å². The van der Waals surface area contributed by atoms with Gasteiger partial charge in [0.2, 0.25) is 0 Å². The van der Waals surface area contributed by atoms with E-state index in [1.165, 1.54) is 0 Å². The van der Waals surface area contributed by atoms with Crippen molar-refractivity contribution in [2.45, 2.75) is 5.60 Å². The molecule has 5 heteroatoms. The largest absolute Gasteiger partial charge is 0.497 e. The number of esters is 1. The van der Waals surface area contributed by atoms with Crippen LogP contribution in [0.3, 0.4) is 0 Å². The summed E-state index contributed by atoms with van der Waals surface area (Å²) in [5.74, 6) is 1.66. The third-order valence-electron chi connectivity index (χ3n) is 5.42. The van der Waals surface area contributed by atoms with Crippen LogP contribution in [0, 0.1) is 0 Å². The van der Waals surface area contributed by atoms with Crippen LogP contribution in [0.25, 0.3) is 0 Å². The van der Waals surface area contributed by atoms with Crippen molar-refractivity contribution in [1.29, 1.82) is 0 Å². The summed E-state index contributed by atoms with van der Waals surface area (Å²) >= 11 is 0. The lowest BCUT2D eigenvalue weighted by Crippen LogP contribution is -2.33. The quantitative estimate of drug-likeness (QED) is 0.626. The molecular formula is C23H19NO4. The number of hydrogen-bond donors (Lipinski definition) is 0. The second-order valence-corrected chi connectivity index (χ2v) is 7.16. The SMILES string of the molecule is COc1ccc2c(c1)C1(OC(=O)c3ccccc31)c1ccc(N(C)C)cc1O2. The van der Waals surface area contributed by atoms with E-state index >= 15 is 0 Å². The predicted octanol–water partition coefficient (Wildman–Crippen LogP) is 4.33. The van der Waals surface area contributed by atoms with Crippen molar-refractivity contribution in [2.24, 2.45) is 0 Å². The molecule has 5 nitrogen and oxygen atoms in total. The van der Waals surface area contributed by atoms with Gasteiger partial charge in [0.25, 0.3) is 0 Å². The number of hydrogen-bond acceptors (Lipinski definition) is 5. The fourth-order valence-corrected chi connectivity index (χ4v) is 4.05. The molecule has 2 aliphatic rings. The molecule has 0 aromatic heterocycles. The number of nitrogens with zero attached hydrogens (tertiary/aromatic N) is 1. The number of methoxy groups -OCH3 is 1. The number of carbonyl (C=O) groups excluding carboxylic acids is 1. The highest BCUT2D eigenvalue weighted by atomic mass is 16.6. The molecule has 1 unspecified atom stereocenters. The highest BCUT2D eigenvalue weighted by Crippen LogP contribution is 2.56. The standard InChI is InChI=1S/C23H19NO4/c1-24(2)14-8-10-18-21(12-14)27-20-11-9-15(26-3)13-19(20)23(18)17-7-5-4-6-16(17)22(25)28-23/h4-13H,1-3H3. The minimum atomic E-state index is -1.06. The van der Waals surface area contributed by atoms with Gasteiger partial charge in [0.15, 0.2) is 5.60 Å². The van der Waals surface area contributed by atoms with Crippen LogP contribution in [0.15, 0.2) is 60.7 Å². The lowest BCUT2D eigenvalue weighted by Gasteiger charge is -2.37. The van der Waals surface area contributed by atoms with Gasteiger partial charge in [-0.05, 0) is 36.4 Å².